The number of nitrogens with one attached hydrogen (secondary N) is 1. The van der Waals surface area contributed by atoms with Crippen LogP contribution in [-0.2, 0) is 18.4 Å². The Morgan fingerprint density at radius 3 is 2.08 bits per heavy atom. The van der Waals surface area contributed by atoms with E-state index in [-0.39, 0.29) is 19.6 Å². The summed E-state index contributed by atoms with van der Waals surface area (Å²) in [6.07, 6.45) is 24.1. The molecule has 40 heavy (non-hydrogen) atoms. The lowest BCUT2D eigenvalue weighted by Gasteiger charge is -2.24. The summed E-state index contributed by atoms with van der Waals surface area (Å²) in [6.45, 7) is 3.63. The minimum absolute atomic E-state index is 0.0417. The van der Waals surface area contributed by atoms with Crippen molar-refractivity contribution < 1.29 is 33.5 Å². The van der Waals surface area contributed by atoms with Gasteiger partial charge in [0.05, 0.1) is 37.9 Å². The second kappa shape index (κ2) is 26.6. The van der Waals surface area contributed by atoms with Gasteiger partial charge in [-0.15, -0.1) is 0 Å². The van der Waals surface area contributed by atoms with Crippen molar-refractivity contribution in [1.29, 1.82) is 0 Å². The molecule has 0 aromatic heterocycles. The largest absolute Gasteiger partial charge is 0.472 e. The van der Waals surface area contributed by atoms with E-state index in [1.165, 1.54) is 44.6 Å². The fourth-order valence-corrected chi connectivity index (χ4v) is 4.79. The van der Waals surface area contributed by atoms with Gasteiger partial charge in [0.1, 0.15) is 0 Å². The lowest BCUT2D eigenvalue weighted by atomic mass is 10.0. The highest BCUT2D eigenvalue weighted by atomic mass is 31.2. The van der Waals surface area contributed by atoms with Crippen molar-refractivity contribution in [2.75, 3.05) is 19.8 Å². The third kappa shape index (κ3) is 24.5. The molecule has 0 radical (unpaired) electrons. The number of aliphatic hydroxyl groups is 2. The van der Waals surface area contributed by atoms with Gasteiger partial charge in [-0.3, -0.25) is 13.8 Å². The van der Waals surface area contributed by atoms with E-state index in [1.807, 2.05) is 13.0 Å². The average molecular weight is 589 g/mol. The number of nitrogens with two attached hydrogens (primary N) is 1. The molecule has 0 fully saturated rings. The molecule has 4 atom stereocenters. The number of allylic oxidation sites excluding steroid dienone is 5. The van der Waals surface area contributed by atoms with Crippen LogP contribution in [0.5, 0.6) is 0 Å². The van der Waals surface area contributed by atoms with E-state index in [2.05, 4.69) is 30.5 Å². The predicted octanol–water partition coefficient (Wildman–Crippen LogP) is 5.85. The van der Waals surface area contributed by atoms with E-state index in [4.69, 9.17) is 14.8 Å². The van der Waals surface area contributed by atoms with E-state index in [0.29, 0.717) is 12.8 Å². The molecule has 10 heteroatoms. The molecule has 0 aliphatic heterocycles. The third-order valence-corrected chi connectivity index (χ3v) is 7.33. The van der Waals surface area contributed by atoms with Crippen molar-refractivity contribution in [3.8, 4) is 0 Å². The minimum atomic E-state index is -4.39. The Labute approximate surface area is 242 Å². The molecule has 0 aliphatic rings. The second-order valence-corrected chi connectivity index (χ2v) is 11.6. The third-order valence-electron chi connectivity index (χ3n) is 6.35. The highest BCUT2D eigenvalue weighted by Gasteiger charge is 2.27. The van der Waals surface area contributed by atoms with E-state index in [0.717, 1.165) is 38.5 Å². The normalized spacial score (nSPS) is 16.1. The van der Waals surface area contributed by atoms with Crippen LogP contribution in [0, 0.1) is 0 Å². The summed E-state index contributed by atoms with van der Waals surface area (Å²) >= 11 is 0. The van der Waals surface area contributed by atoms with Crippen LogP contribution in [0.4, 0.5) is 0 Å². The molecule has 0 rings (SSSR count). The molecule has 1 amide bonds. The van der Waals surface area contributed by atoms with Crippen molar-refractivity contribution in [3.05, 3.63) is 36.5 Å². The highest BCUT2D eigenvalue weighted by molar-refractivity contribution is 7.47. The maximum Gasteiger partial charge on any atom is 0.472 e. The lowest BCUT2D eigenvalue weighted by Crippen LogP contribution is -2.46. The topological polar surface area (TPSA) is 151 Å². The van der Waals surface area contributed by atoms with Crippen LogP contribution in [0.1, 0.15) is 110 Å². The van der Waals surface area contributed by atoms with Crippen LogP contribution in [-0.4, -0.2) is 59.0 Å². The van der Waals surface area contributed by atoms with Crippen LogP contribution in [0.15, 0.2) is 36.5 Å². The maximum absolute atomic E-state index is 12.6. The van der Waals surface area contributed by atoms with E-state index in [1.54, 1.807) is 6.08 Å². The van der Waals surface area contributed by atoms with Crippen molar-refractivity contribution in [1.82, 2.24) is 5.32 Å². The number of amides is 1. The van der Waals surface area contributed by atoms with Gasteiger partial charge in [0.2, 0.25) is 5.91 Å². The Bertz CT molecular complexity index is 746. The SMILES string of the molecule is C/C=C/CC/C=C/CC/C=C/C(O)C(COP(=O)(O)OCCN)NC(=O)CC(O)CCCCCCCCCCC. The molecule has 0 bridgehead atoms. The van der Waals surface area contributed by atoms with Gasteiger partial charge in [0, 0.05) is 6.54 Å². The molecule has 4 unspecified atom stereocenters. The van der Waals surface area contributed by atoms with Gasteiger partial charge >= 0.3 is 7.82 Å². The molecule has 0 spiro atoms. The Kier molecular flexibility index (Phi) is 25.7. The average Bonchev–Trinajstić information content (AvgIpc) is 2.92. The first kappa shape index (κ1) is 38.7. The molecule has 234 valence electrons. The molecule has 0 aromatic rings. The molecular weight excluding hydrogens is 531 g/mol. The van der Waals surface area contributed by atoms with Crippen LogP contribution < -0.4 is 11.1 Å². The summed E-state index contributed by atoms with van der Waals surface area (Å²) < 4.78 is 21.8. The van der Waals surface area contributed by atoms with Gasteiger partial charge in [-0.2, -0.15) is 0 Å². The van der Waals surface area contributed by atoms with Gasteiger partial charge in [-0.25, -0.2) is 4.57 Å². The number of aliphatic hydroxyl groups excluding tert-OH is 2. The molecule has 0 heterocycles. The molecule has 0 saturated heterocycles. The zero-order valence-corrected chi connectivity index (χ0v) is 25.8. The Hall–Kier alpha value is -1.32. The zero-order chi connectivity index (χ0) is 29.9. The van der Waals surface area contributed by atoms with Crippen LogP contribution in [0.25, 0.3) is 0 Å². The summed E-state index contributed by atoms with van der Waals surface area (Å²) in [5.74, 6) is -0.468. The maximum atomic E-state index is 12.6. The van der Waals surface area contributed by atoms with Gasteiger partial charge in [-0.1, -0.05) is 101 Å². The fourth-order valence-electron chi connectivity index (χ4n) is 4.03. The van der Waals surface area contributed by atoms with Gasteiger partial charge in [0.25, 0.3) is 0 Å². The zero-order valence-electron chi connectivity index (χ0n) is 24.9. The number of rotatable bonds is 27. The molecule has 0 aromatic carbocycles. The lowest BCUT2D eigenvalue weighted by molar-refractivity contribution is -0.124. The van der Waals surface area contributed by atoms with Crippen molar-refractivity contribution in [2.45, 2.75) is 128 Å². The standard InChI is InChI=1S/C30H57N2O7P/c1-3-5-7-9-11-13-15-17-19-21-27(33)25-30(35)32-28(26-39-40(36,37)38-24-23-31)29(34)22-20-18-16-14-12-10-8-6-4-2/h4,6,12,14,20,22,27-29,33-34H,3,5,7-11,13,15-19,21,23-26,31H2,1-2H3,(H,32,35)(H,36,37)/b6-4+,14-12+,22-20+. The monoisotopic (exact) mass is 588 g/mol. The number of hydrogen-bond acceptors (Lipinski definition) is 7. The molecule has 9 nitrogen and oxygen atoms in total. The molecule has 0 saturated carbocycles. The van der Waals surface area contributed by atoms with E-state index >= 15 is 0 Å². The first-order chi connectivity index (χ1) is 19.3. The summed E-state index contributed by atoms with van der Waals surface area (Å²) in [6, 6.07) is -0.998. The number of carbonyl (C=O) groups excluding carboxylic acids is 1. The quantitative estimate of drug-likeness (QED) is 0.0456. The first-order valence-corrected chi connectivity index (χ1v) is 16.7. The van der Waals surface area contributed by atoms with Crippen molar-refractivity contribution >= 4 is 13.7 Å². The summed E-state index contributed by atoms with van der Waals surface area (Å²) in [5.41, 5.74) is 5.30. The van der Waals surface area contributed by atoms with E-state index in [9.17, 15) is 24.5 Å². The number of phosphoric acid groups is 1. The van der Waals surface area contributed by atoms with Crippen LogP contribution in [0.2, 0.25) is 0 Å². The first-order valence-electron chi connectivity index (χ1n) is 15.2. The van der Waals surface area contributed by atoms with Crippen LogP contribution >= 0.6 is 7.82 Å². The number of carbonyl (C=O) groups is 1. The molecular formula is C30H57N2O7P. The van der Waals surface area contributed by atoms with Crippen LogP contribution in [0.3, 0.4) is 0 Å². The Morgan fingerprint density at radius 1 is 0.900 bits per heavy atom. The summed E-state index contributed by atoms with van der Waals surface area (Å²) in [4.78, 5) is 22.4. The van der Waals surface area contributed by atoms with E-state index < -0.39 is 38.6 Å². The summed E-state index contributed by atoms with van der Waals surface area (Å²) in [5, 5.41) is 23.6. The molecule has 0 aliphatic carbocycles. The minimum Gasteiger partial charge on any atom is -0.393 e. The van der Waals surface area contributed by atoms with Gasteiger partial charge < -0.3 is 26.2 Å². The van der Waals surface area contributed by atoms with Gasteiger partial charge in [-0.05, 0) is 39.0 Å². The van der Waals surface area contributed by atoms with Crippen molar-refractivity contribution in [3.63, 3.8) is 0 Å². The number of phosphoric ester groups is 1. The fraction of sp³-hybridized carbons (Fsp3) is 0.767. The number of unbranched alkanes of at least 4 members (excludes halogenated alkanes) is 10. The number of hydrogen-bond donors (Lipinski definition) is 5. The smallest absolute Gasteiger partial charge is 0.393 e. The Morgan fingerprint density at radius 2 is 1.48 bits per heavy atom. The Balaban J connectivity index is 4.66. The van der Waals surface area contributed by atoms with Crippen molar-refractivity contribution in [2.24, 2.45) is 5.73 Å². The molecule has 6 N–H and O–H groups in total. The second-order valence-electron chi connectivity index (χ2n) is 10.1. The predicted molar refractivity (Wildman–Crippen MR) is 163 cm³/mol. The highest BCUT2D eigenvalue weighted by Crippen LogP contribution is 2.43. The van der Waals surface area contributed by atoms with Gasteiger partial charge in [0.15, 0.2) is 0 Å². The summed E-state index contributed by atoms with van der Waals surface area (Å²) in [7, 11) is -4.39.